The Labute approximate surface area is 164 Å². The minimum atomic E-state index is -0.110. The molecule has 0 bridgehead atoms. The predicted octanol–water partition coefficient (Wildman–Crippen LogP) is 1.68. The third kappa shape index (κ3) is 4.47. The summed E-state index contributed by atoms with van der Waals surface area (Å²) >= 11 is 0. The quantitative estimate of drug-likeness (QED) is 0.604. The number of hydrogen-bond acceptors (Lipinski definition) is 6. The molecule has 3 N–H and O–H groups in total. The monoisotopic (exact) mass is 379 g/mol. The third-order valence-electron chi connectivity index (χ3n) is 4.98. The lowest BCUT2D eigenvalue weighted by molar-refractivity contribution is 0.0936. The Morgan fingerprint density at radius 1 is 1.21 bits per heavy atom. The van der Waals surface area contributed by atoms with Crippen LogP contribution in [-0.2, 0) is 0 Å². The van der Waals surface area contributed by atoms with Gasteiger partial charge < -0.3 is 20.5 Å². The molecule has 0 saturated carbocycles. The summed E-state index contributed by atoms with van der Waals surface area (Å²) in [5.74, 6) is 0.390. The number of carbonyl (C=O) groups excluding carboxylic acids is 1. The SMILES string of the molecule is CN1CCN(CCNC(=O)c2cc(Nc3ncc4ccccc4n3)c[nH]2)CC1. The number of amides is 1. The number of fused-ring (bicyclic) bond motifs is 1. The number of para-hydroxylation sites is 1. The van der Waals surface area contributed by atoms with Gasteiger partial charge in [0.1, 0.15) is 5.69 Å². The summed E-state index contributed by atoms with van der Waals surface area (Å²) in [5.41, 5.74) is 2.14. The highest BCUT2D eigenvalue weighted by molar-refractivity contribution is 5.93. The number of nitrogens with zero attached hydrogens (tertiary/aromatic N) is 4. The van der Waals surface area contributed by atoms with E-state index in [4.69, 9.17) is 0 Å². The van der Waals surface area contributed by atoms with Crippen LogP contribution < -0.4 is 10.6 Å². The number of hydrogen-bond donors (Lipinski definition) is 3. The number of H-pyrrole nitrogens is 1. The molecule has 1 aliphatic heterocycles. The molecule has 4 rings (SSSR count). The first-order valence-corrected chi connectivity index (χ1v) is 9.54. The highest BCUT2D eigenvalue weighted by Crippen LogP contribution is 2.17. The average Bonchev–Trinajstić information content (AvgIpc) is 3.18. The van der Waals surface area contributed by atoms with E-state index in [0.717, 1.165) is 49.3 Å². The van der Waals surface area contributed by atoms with E-state index in [1.54, 1.807) is 18.5 Å². The van der Waals surface area contributed by atoms with Gasteiger partial charge >= 0.3 is 0 Å². The van der Waals surface area contributed by atoms with Gasteiger partial charge in [-0.25, -0.2) is 9.97 Å². The predicted molar refractivity (Wildman–Crippen MR) is 110 cm³/mol. The molecule has 1 fully saturated rings. The third-order valence-corrected chi connectivity index (χ3v) is 4.98. The molecule has 8 heteroatoms. The molecular weight excluding hydrogens is 354 g/mol. The molecule has 28 heavy (non-hydrogen) atoms. The van der Waals surface area contributed by atoms with Crippen LogP contribution in [0.3, 0.4) is 0 Å². The number of aromatic nitrogens is 3. The number of anilines is 2. The van der Waals surface area contributed by atoms with Gasteiger partial charge in [-0.05, 0) is 19.2 Å². The van der Waals surface area contributed by atoms with E-state index < -0.39 is 0 Å². The molecule has 1 saturated heterocycles. The van der Waals surface area contributed by atoms with Gasteiger partial charge in [0.05, 0.1) is 11.2 Å². The Morgan fingerprint density at radius 3 is 2.89 bits per heavy atom. The standard InChI is InChI=1S/C20H25N7O/c1-26-8-10-27(11-9-26)7-6-21-19(28)18-12-16(14-22-18)24-20-23-13-15-4-2-3-5-17(15)25-20/h2-5,12-14,22H,6-11H2,1H3,(H,21,28)(H,23,24,25). The lowest BCUT2D eigenvalue weighted by Crippen LogP contribution is -2.46. The topological polar surface area (TPSA) is 89.2 Å². The Kier molecular flexibility index (Phi) is 5.50. The number of piperazine rings is 1. The second-order valence-corrected chi connectivity index (χ2v) is 7.08. The van der Waals surface area contributed by atoms with Crippen LogP contribution in [0.15, 0.2) is 42.7 Å². The summed E-state index contributed by atoms with van der Waals surface area (Å²) in [7, 11) is 2.14. The minimum Gasteiger partial charge on any atom is -0.355 e. The van der Waals surface area contributed by atoms with Crippen LogP contribution in [0.5, 0.6) is 0 Å². The van der Waals surface area contributed by atoms with Crippen LogP contribution in [0.2, 0.25) is 0 Å². The van der Waals surface area contributed by atoms with Crippen LogP contribution in [0, 0.1) is 0 Å². The number of benzene rings is 1. The van der Waals surface area contributed by atoms with Crippen LogP contribution in [0.4, 0.5) is 11.6 Å². The Balaban J connectivity index is 1.30. The first-order chi connectivity index (χ1) is 13.7. The summed E-state index contributed by atoms with van der Waals surface area (Å²) in [6.07, 6.45) is 3.53. The van der Waals surface area contributed by atoms with Crippen molar-refractivity contribution in [3.05, 3.63) is 48.4 Å². The largest absolute Gasteiger partial charge is 0.355 e. The molecule has 0 radical (unpaired) electrons. The van der Waals surface area contributed by atoms with Crippen molar-refractivity contribution in [2.75, 3.05) is 51.6 Å². The normalized spacial score (nSPS) is 15.6. The summed E-state index contributed by atoms with van der Waals surface area (Å²) < 4.78 is 0. The molecule has 3 heterocycles. The maximum atomic E-state index is 12.4. The highest BCUT2D eigenvalue weighted by Gasteiger charge is 2.14. The molecule has 2 aromatic heterocycles. The van der Waals surface area contributed by atoms with Crippen LogP contribution >= 0.6 is 0 Å². The number of carbonyl (C=O) groups is 1. The van der Waals surface area contributed by atoms with Crippen LogP contribution in [-0.4, -0.2) is 77.0 Å². The van der Waals surface area contributed by atoms with E-state index in [1.807, 2.05) is 24.3 Å². The molecule has 146 valence electrons. The van der Waals surface area contributed by atoms with E-state index >= 15 is 0 Å². The average molecular weight is 379 g/mol. The summed E-state index contributed by atoms with van der Waals surface area (Å²) in [4.78, 5) is 28.9. The first-order valence-electron chi connectivity index (χ1n) is 9.54. The molecule has 0 spiro atoms. The summed E-state index contributed by atoms with van der Waals surface area (Å²) in [6.45, 7) is 5.77. The van der Waals surface area contributed by atoms with Gasteiger partial charge in [-0.3, -0.25) is 9.69 Å². The Hall–Kier alpha value is -2.97. The molecule has 8 nitrogen and oxygen atoms in total. The van der Waals surface area contributed by atoms with Crippen molar-refractivity contribution >= 4 is 28.4 Å². The fraction of sp³-hybridized carbons (Fsp3) is 0.350. The maximum absolute atomic E-state index is 12.4. The molecular formula is C20H25N7O. The minimum absolute atomic E-state index is 0.110. The van der Waals surface area contributed by atoms with Gasteiger partial charge in [-0.1, -0.05) is 18.2 Å². The van der Waals surface area contributed by atoms with Gasteiger partial charge in [-0.15, -0.1) is 0 Å². The maximum Gasteiger partial charge on any atom is 0.267 e. The van der Waals surface area contributed by atoms with Gasteiger partial charge in [-0.2, -0.15) is 0 Å². The van der Waals surface area contributed by atoms with Crippen molar-refractivity contribution in [3.63, 3.8) is 0 Å². The fourth-order valence-electron chi connectivity index (χ4n) is 3.25. The van der Waals surface area contributed by atoms with Gasteiger partial charge in [0.15, 0.2) is 0 Å². The van der Waals surface area contributed by atoms with Crippen molar-refractivity contribution in [1.29, 1.82) is 0 Å². The zero-order valence-corrected chi connectivity index (χ0v) is 16.0. The smallest absolute Gasteiger partial charge is 0.267 e. The van der Waals surface area contributed by atoms with Gasteiger partial charge in [0, 0.05) is 57.0 Å². The van der Waals surface area contributed by atoms with E-state index in [1.165, 1.54) is 0 Å². The zero-order valence-electron chi connectivity index (χ0n) is 16.0. The van der Waals surface area contributed by atoms with E-state index in [2.05, 4.69) is 42.4 Å². The van der Waals surface area contributed by atoms with Crippen molar-refractivity contribution in [3.8, 4) is 0 Å². The molecule has 0 unspecified atom stereocenters. The number of nitrogens with one attached hydrogen (secondary N) is 3. The summed E-state index contributed by atoms with van der Waals surface area (Å²) in [5, 5.41) is 7.10. The zero-order chi connectivity index (χ0) is 19.3. The second kappa shape index (κ2) is 8.37. The van der Waals surface area contributed by atoms with E-state index in [-0.39, 0.29) is 5.91 Å². The highest BCUT2D eigenvalue weighted by atomic mass is 16.1. The van der Waals surface area contributed by atoms with Crippen molar-refractivity contribution in [1.82, 2.24) is 30.1 Å². The van der Waals surface area contributed by atoms with Crippen LogP contribution in [0.25, 0.3) is 10.9 Å². The fourth-order valence-corrected chi connectivity index (χ4v) is 3.25. The van der Waals surface area contributed by atoms with Gasteiger partial charge in [0.25, 0.3) is 5.91 Å². The number of aromatic amines is 1. The second-order valence-electron chi connectivity index (χ2n) is 7.08. The van der Waals surface area contributed by atoms with Crippen molar-refractivity contribution in [2.45, 2.75) is 0 Å². The van der Waals surface area contributed by atoms with Gasteiger partial charge in [0.2, 0.25) is 5.95 Å². The first kappa shape index (κ1) is 18.4. The Bertz CT molecular complexity index is 946. The van der Waals surface area contributed by atoms with Crippen molar-refractivity contribution < 1.29 is 4.79 Å². The number of rotatable bonds is 6. The van der Waals surface area contributed by atoms with Crippen LogP contribution in [0.1, 0.15) is 10.5 Å². The molecule has 1 aromatic carbocycles. The molecule has 3 aromatic rings. The van der Waals surface area contributed by atoms with E-state index in [9.17, 15) is 4.79 Å². The lowest BCUT2D eigenvalue weighted by atomic mass is 10.2. The molecule has 1 amide bonds. The Morgan fingerprint density at radius 2 is 2.04 bits per heavy atom. The lowest BCUT2D eigenvalue weighted by Gasteiger charge is -2.32. The van der Waals surface area contributed by atoms with Crippen molar-refractivity contribution in [2.24, 2.45) is 0 Å². The molecule has 0 atom stereocenters. The summed E-state index contributed by atoms with van der Waals surface area (Å²) in [6, 6.07) is 9.59. The van der Waals surface area contributed by atoms with E-state index in [0.29, 0.717) is 18.2 Å². The molecule has 1 aliphatic rings. The molecule has 0 aliphatic carbocycles. The number of likely N-dealkylation sites (N-methyl/N-ethyl adjacent to an activating group) is 1.